The summed E-state index contributed by atoms with van der Waals surface area (Å²) in [6.45, 7) is 0.573. The first kappa shape index (κ1) is 16.0. The van der Waals surface area contributed by atoms with E-state index in [1.165, 1.54) is 28.4 Å². The molecule has 0 saturated carbocycles. The number of aromatic nitrogens is 2. The molecule has 1 N–H and O–H groups in total. The molecule has 7 nitrogen and oxygen atoms in total. The minimum Gasteiger partial charge on any atom is -0.481 e. The zero-order valence-corrected chi connectivity index (χ0v) is 12.4. The van der Waals surface area contributed by atoms with Gasteiger partial charge in [0.25, 0.3) is 0 Å². The van der Waals surface area contributed by atoms with Crippen molar-refractivity contribution >= 4 is 27.8 Å². The number of carbonyl (C=O) groups is 1. The Hall–Kier alpha value is -1.06. The Balaban J connectivity index is 2.76. The largest absolute Gasteiger partial charge is 0.481 e. The van der Waals surface area contributed by atoms with Gasteiger partial charge in [-0.1, -0.05) is 0 Å². The van der Waals surface area contributed by atoms with Crippen LogP contribution < -0.4 is 0 Å². The van der Waals surface area contributed by atoms with E-state index in [9.17, 15) is 13.2 Å². The summed E-state index contributed by atoms with van der Waals surface area (Å²) in [6.07, 6.45) is 4.41. The summed E-state index contributed by atoms with van der Waals surface area (Å²) in [7, 11) is -2.03. The fourth-order valence-electron chi connectivity index (χ4n) is 1.33. The lowest BCUT2D eigenvalue weighted by atomic mass is 10.4. The maximum absolute atomic E-state index is 12.1. The van der Waals surface area contributed by atoms with E-state index >= 15 is 0 Å². The third-order valence-corrected chi connectivity index (χ3v) is 4.88. The summed E-state index contributed by atoms with van der Waals surface area (Å²) in [5.41, 5.74) is 0. The van der Waals surface area contributed by atoms with Gasteiger partial charge in [0.2, 0.25) is 10.0 Å². The smallest absolute Gasteiger partial charge is 0.305 e. The Kier molecular flexibility index (Phi) is 5.83. The van der Waals surface area contributed by atoms with E-state index in [0.717, 1.165) is 0 Å². The standard InChI is InChI=1S/C10H17N3O4S2/c1-12(5-6-18-2)19(16,17)9-7-11-13(8-9)4-3-10(14)15/h7-8H,3-6H2,1-2H3,(H,14,15). The van der Waals surface area contributed by atoms with Crippen LogP contribution in [0, 0.1) is 0 Å². The molecule has 0 amide bonds. The average molecular weight is 307 g/mol. The molecule has 108 valence electrons. The van der Waals surface area contributed by atoms with E-state index in [4.69, 9.17) is 5.11 Å². The Labute approximate surface area is 116 Å². The number of rotatable bonds is 8. The van der Waals surface area contributed by atoms with Crippen molar-refractivity contribution in [2.45, 2.75) is 17.9 Å². The lowest BCUT2D eigenvalue weighted by molar-refractivity contribution is -0.137. The molecule has 1 rings (SSSR count). The Morgan fingerprint density at radius 1 is 1.58 bits per heavy atom. The lowest BCUT2D eigenvalue weighted by Gasteiger charge is -2.14. The molecule has 1 aromatic heterocycles. The number of carboxylic acids is 1. The van der Waals surface area contributed by atoms with Crippen LogP contribution in [-0.4, -0.2) is 59.2 Å². The predicted octanol–water partition coefficient (Wildman–Crippen LogP) is 0.341. The van der Waals surface area contributed by atoms with E-state index in [1.807, 2.05) is 6.26 Å². The Bertz CT molecular complexity index is 527. The van der Waals surface area contributed by atoms with E-state index in [0.29, 0.717) is 12.3 Å². The third kappa shape index (κ3) is 4.51. The number of aryl methyl sites for hydroxylation is 1. The highest BCUT2D eigenvalue weighted by Crippen LogP contribution is 2.13. The van der Waals surface area contributed by atoms with Crippen LogP contribution >= 0.6 is 11.8 Å². The van der Waals surface area contributed by atoms with Gasteiger partial charge < -0.3 is 5.11 Å². The van der Waals surface area contributed by atoms with Crippen molar-refractivity contribution in [3.63, 3.8) is 0 Å². The fourth-order valence-corrected chi connectivity index (χ4v) is 3.03. The van der Waals surface area contributed by atoms with Gasteiger partial charge in [0.05, 0.1) is 19.2 Å². The fraction of sp³-hybridized carbons (Fsp3) is 0.600. The van der Waals surface area contributed by atoms with Gasteiger partial charge in [0.15, 0.2) is 0 Å². The van der Waals surface area contributed by atoms with Gasteiger partial charge in [-0.05, 0) is 6.26 Å². The van der Waals surface area contributed by atoms with E-state index < -0.39 is 16.0 Å². The molecule has 19 heavy (non-hydrogen) atoms. The molecule has 0 aliphatic rings. The number of hydrogen-bond acceptors (Lipinski definition) is 5. The summed E-state index contributed by atoms with van der Waals surface area (Å²) >= 11 is 1.57. The number of sulfonamides is 1. The minimum atomic E-state index is -3.54. The molecule has 0 bridgehead atoms. The van der Waals surface area contributed by atoms with Crippen LogP contribution in [0.15, 0.2) is 17.3 Å². The molecule has 0 spiro atoms. The van der Waals surface area contributed by atoms with Crippen molar-refractivity contribution in [3.05, 3.63) is 12.4 Å². The minimum absolute atomic E-state index is 0.0847. The highest BCUT2D eigenvalue weighted by Gasteiger charge is 2.22. The van der Waals surface area contributed by atoms with Crippen molar-refractivity contribution < 1.29 is 18.3 Å². The van der Waals surface area contributed by atoms with Crippen molar-refractivity contribution in [3.8, 4) is 0 Å². The second-order valence-electron chi connectivity index (χ2n) is 3.90. The highest BCUT2D eigenvalue weighted by molar-refractivity contribution is 7.98. The van der Waals surface area contributed by atoms with Crippen LogP contribution in [-0.2, 0) is 21.4 Å². The monoisotopic (exact) mass is 307 g/mol. The number of carboxylic acid groups (broad SMARTS) is 1. The van der Waals surface area contributed by atoms with Crippen LogP contribution in [0.2, 0.25) is 0 Å². The topological polar surface area (TPSA) is 92.5 Å². The van der Waals surface area contributed by atoms with Crippen LogP contribution in [0.4, 0.5) is 0 Å². The van der Waals surface area contributed by atoms with Crippen molar-refractivity contribution in [1.29, 1.82) is 0 Å². The maximum Gasteiger partial charge on any atom is 0.305 e. The zero-order chi connectivity index (χ0) is 14.5. The summed E-state index contributed by atoms with van der Waals surface area (Å²) in [6, 6.07) is 0. The number of thioether (sulfide) groups is 1. The van der Waals surface area contributed by atoms with E-state index in [2.05, 4.69) is 5.10 Å². The Morgan fingerprint density at radius 3 is 2.84 bits per heavy atom. The molecule has 0 fully saturated rings. The summed E-state index contributed by atoms with van der Waals surface area (Å²) < 4.78 is 26.9. The second kappa shape index (κ2) is 6.92. The highest BCUT2D eigenvalue weighted by atomic mass is 32.2. The first-order valence-corrected chi connectivity index (χ1v) is 8.41. The van der Waals surface area contributed by atoms with Gasteiger partial charge in [0, 0.05) is 25.5 Å². The van der Waals surface area contributed by atoms with Crippen LogP contribution in [0.5, 0.6) is 0 Å². The average Bonchev–Trinajstić information content (AvgIpc) is 2.82. The molecule has 1 aromatic rings. The maximum atomic E-state index is 12.1. The van der Waals surface area contributed by atoms with Crippen LogP contribution in [0.1, 0.15) is 6.42 Å². The van der Waals surface area contributed by atoms with Crippen molar-refractivity contribution in [2.24, 2.45) is 0 Å². The molecule has 0 unspecified atom stereocenters. The molecule has 0 aromatic carbocycles. The van der Waals surface area contributed by atoms with Crippen LogP contribution in [0.25, 0.3) is 0 Å². The molecular formula is C10H17N3O4S2. The first-order chi connectivity index (χ1) is 8.87. The normalized spacial score (nSPS) is 11.9. The number of hydrogen-bond donors (Lipinski definition) is 1. The Morgan fingerprint density at radius 2 is 2.26 bits per heavy atom. The van der Waals surface area contributed by atoms with Gasteiger partial charge in [-0.15, -0.1) is 0 Å². The molecule has 9 heteroatoms. The van der Waals surface area contributed by atoms with Gasteiger partial charge in [-0.25, -0.2) is 12.7 Å². The second-order valence-corrected chi connectivity index (χ2v) is 6.93. The first-order valence-electron chi connectivity index (χ1n) is 5.57. The van der Waals surface area contributed by atoms with Crippen LogP contribution in [0.3, 0.4) is 0 Å². The SMILES string of the molecule is CSCCN(C)S(=O)(=O)c1cnn(CCC(=O)O)c1. The molecule has 0 saturated heterocycles. The summed E-state index contributed by atoms with van der Waals surface area (Å²) in [5.74, 6) is -0.236. The molecule has 0 atom stereocenters. The molecule has 0 aliphatic heterocycles. The van der Waals surface area contributed by atoms with Gasteiger partial charge in [-0.2, -0.15) is 16.9 Å². The van der Waals surface area contributed by atoms with E-state index in [1.54, 1.807) is 11.8 Å². The van der Waals surface area contributed by atoms with E-state index in [-0.39, 0.29) is 17.9 Å². The molecular weight excluding hydrogens is 290 g/mol. The third-order valence-electron chi connectivity index (χ3n) is 2.48. The zero-order valence-electron chi connectivity index (χ0n) is 10.8. The van der Waals surface area contributed by atoms with Gasteiger partial charge >= 0.3 is 5.97 Å². The molecule has 0 aliphatic carbocycles. The number of nitrogens with zero attached hydrogens (tertiary/aromatic N) is 3. The lowest BCUT2D eigenvalue weighted by Crippen LogP contribution is -2.28. The number of aliphatic carboxylic acids is 1. The van der Waals surface area contributed by atoms with Crippen molar-refractivity contribution in [1.82, 2.24) is 14.1 Å². The summed E-state index contributed by atoms with van der Waals surface area (Å²) in [5, 5.41) is 12.4. The van der Waals surface area contributed by atoms with Gasteiger partial charge in [0.1, 0.15) is 4.90 Å². The molecule has 0 radical (unpaired) electrons. The molecule has 1 heterocycles. The predicted molar refractivity (Wildman–Crippen MR) is 72.7 cm³/mol. The summed E-state index contributed by atoms with van der Waals surface area (Å²) in [4.78, 5) is 10.5. The quantitative estimate of drug-likeness (QED) is 0.744. The van der Waals surface area contributed by atoms with Crippen molar-refractivity contribution in [2.75, 3.05) is 25.6 Å². The van der Waals surface area contributed by atoms with Gasteiger partial charge in [-0.3, -0.25) is 9.48 Å².